The SMILES string of the molecule is C=CCN(CC)C(=O)N[C@@H](CC)C(=O)O. The van der Waals surface area contributed by atoms with E-state index in [9.17, 15) is 9.59 Å². The molecule has 0 aromatic carbocycles. The second kappa shape index (κ2) is 6.86. The van der Waals surface area contributed by atoms with Crippen LogP contribution in [-0.2, 0) is 4.79 Å². The van der Waals surface area contributed by atoms with Gasteiger partial charge in [-0.2, -0.15) is 0 Å². The van der Waals surface area contributed by atoms with Crippen LogP contribution in [0.2, 0.25) is 0 Å². The second-order valence-electron chi connectivity index (χ2n) is 3.08. The first-order valence-electron chi connectivity index (χ1n) is 4.95. The van der Waals surface area contributed by atoms with E-state index in [1.165, 1.54) is 4.90 Å². The zero-order chi connectivity index (χ0) is 11.8. The van der Waals surface area contributed by atoms with Crippen LogP contribution in [-0.4, -0.2) is 41.1 Å². The average molecular weight is 214 g/mol. The molecule has 86 valence electrons. The molecule has 5 heteroatoms. The van der Waals surface area contributed by atoms with E-state index in [1.54, 1.807) is 13.0 Å². The van der Waals surface area contributed by atoms with E-state index < -0.39 is 12.0 Å². The Morgan fingerprint density at radius 3 is 2.47 bits per heavy atom. The number of carboxylic acids is 1. The number of aliphatic carboxylic acids is 1. The Bertz CT molecular complexity index is 241. The molecule has 0 aromatic rings. The zero-order valence-electron chi connectivity index (χ0n) is 9.19. The Morgan fingerprint density at radius 1 is 1.53 bits per heavy atom. The number of carboxylic acid groups (broad SMARTS) is 1. The van der Waals surface area contributed by atoms with Crippen LogP contribution >= 0.6 is 0 Å². The highest BCUT2D eigenvalue weighted by atomic mass is 16.4. The van der Waals surface area contributed by atoms with Crippen LogP contribution < -0.4 is 5.32 Å². The van der Waals surface area contributed by atoms with Gasteiger partial charge in [-0.25, -0.2) is 9.59 Å². The normalized spacial score (nSPS) is 11.6. The number of hydrogen-bond acceptors (Lipinski definition) is 2. The minimum absolute atomic E-state index is 0.368. The summed E-state index contributed by atoms with van der Waals surface area (Å²) in [6.07, 6.45) is 1.97. The van der Waals surface area contributed by atoms with Gasteiger partial charge >= 0.3 is 12.0 Å². The molecule has 0 aliphatic heterocycles. The van der Waals surface area contributed by atoms with Crippen LogP contribution in [0.4, 0.5) is 4.79 Å². The number of urea groups is 1. The van der Waals surface area contributed by atoms with Crippen LogP contribution in [0.1, 0.15) is 20.3 Å². The van der Waals surface area contributed by atoms with Crippen molar-refractivity contribution in [3.63, 3.8) is 0 Å². The van der Waals surface area contributed by atoms with Gasteiger partial charge in [0.25, 0.3) is 0 Å². The van der Waals surface area contributed by atoms with Gasteiger partial charge in [0.2, 0.25) is 0 Å². The largest absolute Gasteiger partial charge is 0.480 e. The molecule has 0 spiro atoms. The number of nitrogens with one attached hydrogen (secondary N) is 1. The highest BCUT2D eigenvalue weighted by Crippen LogP contribution is 1.95. The smallest absolute Gasteiger partial charge is 0.326 e. The highest BCUT2D eigenvalue weighted by molar-refractivity contribution is 5.82. The first-order valence-corrected chi connectivity index (χ1v) is 4.95. The molecule has 0 aromatic heterocycles. The van der Waals surface area contributed by atoms with Gasteiger partial charge in [0.15, 0.2) is 0 Å². The number of hydrogen-bond donors (Lipinski definition) is 2. The number of carbonyl (C=O) groups is 2. The monoisotopic (exact) mass is 214 g/mol. The molecule has 1 atom stereocenters. The van der Waals surface area contributed by atoms with Crippen molar-refractivity contribution in [1.29, 1.82) is 0 Å². The summed E-state index contributed by atoms with van der Waals surface area (Å²) in [5, 5.41) is 11.2. The maximum atomic E-state index is 11.5. The molecule has 15 heavy (non-hydrogen) atoms. The molecule has 2 N–H and O–H groups in total. The van der Waals surface area contributed by atoms with Gasteiger partial charge in [0.05, 0.1) is 0 Å². The molecule has 0 fully saturated rings. The minimum Gasteiger partial charge on any atom is -0.480 e. The van der Waals surface area contributed by atoms with E-state index in [1.807, 2.05) is 6.92 Å². The fraction of sp³-hybridized carbons (Fsp3) is 0.600. The fourth-order valence-electron chi connectivity index (χ4n) is 1.09. The van der Waals surface area contributed by atoms with Crippen LogP contribution in [0, 0.1) is 0 Å². The van der Waals surface area contributed by atoms with Gasteiger partial charge < -0.3 is 15.3 Å². The van der Waals surface area contributed by atoms with Crippen molar-refractivity contribution in [1.82, 2.24) is 10.2 Å². The summed E-state index contributed by atoms with van der Waals surface area (Å²) in [6, 6.07) is -1.19. The van der Waals surface area contributed by atoms with Crippen LogP contribution in [0.25, 0.3) is 0 Å². The van der Waals surface area contributed by atoms with Crippen LogP contribution in [0.15, 0.2) is 12.7 Å². The first-order chi connectivity index (χ1) is 7.06. The Balaban J connectivity index is 4.30. The van der Waals surface area contributed by atoms with E-state index in [4.69, 9.17) is 5.11 Å². The molecule has 0 unspecified atom stereocenters. The average Bonchev–Trinajstić information content (AvgIpc) is 2.21. The molecule has 0 saturated heterocycles. The van der Waals surface area contributed by atoms with E-state index in [-0.39, 0.29) is 6.03 Å². The van der Waals surface area contributed by atoms with Crippen molar-refractivity contribution in [3.8, 4) is 0 Å². The Morgan fingerprint density at radius 2 is 2.13 bits per heavy atom. The second-order valence-corrected chi connectivity index (χ2v) is 3.08. The molecule has 0 heterocycles. The van der Waals surface area contributed by atoms with Crippen LogP contribution in [0.3, 0.4) is 0 Å². The van der Waals surface area contributed by atoms with Gasteiger partial charge in [0, 0.05) is 13.1 Å². The van der Waals surface area contributed by atoms with Crippen molar-refractivity contribution in [2.24, 2.45) is 0 Å². The highest BCUT2D eigenvalue weighted by Gasteiger charge is 2.19. The molecule has 0 radical (unpaired) electrons. The number of carbonyl (C=O) groups excluding carboxylic acids is 1. The van der Waals surface area contributed by atoms with E-state index in [2.05, 4.69) is 11.9 Å². The lowest BCUT2D eigenvalue weighted by atomic mass is 10.2. The number of nitrogens with zero attached hydrogens (tertiary/aromatic N) is 1. The summed E-state index contributed by atoms with van der Waals surface area (Å²) in [5.41, 5.74) is 0. The minimum atomic E-state index is -1.01. The third-order valence-electron chi connectivity index (χ3n) is 2.02. The molecule has 5 nitrogen and oxygen atoms in total. The van der Waals surface area contributed by atoms with Crippen molar-refractivity contribution in [2.75, 3.05) is 13.1 Å². The summed E-state index contributed by atoms with van der Waals surface area (Å²) in [7, 11) is 0. The summed E-state index contributed by atoms with van der Waals surface area (Å²) >= 11 is 0. The fourth-order valence-corrected chi connectivity index (χ4v) is 1.09. The molecular formula is C10H18N2O3. The standard InChI is InChI=1S/C10H18N2O3/c1-4-7-12(6-3)10(15)11-8(5-2)9(13)14/h4,8H,1,5-7H2,2-3H3,(H,11,15)(H,13,14)/t8-/m0/s1. The molecule has 0 aliphatic carbocycles. The third kappa shape index (κ3) is 4.49. The summed E-state index contributed by atoms with van der Waals surface area (Å²) in [5.74, 6) is -1.01. The molecule has 0 saturated carbocycles. The quantitative estimate of drug-likeness (QED) is 0.650. The maximum absolute atomic E-state index is 11.5. The molecule has 0 aliphatic rings. The van der Waals surface area contributed by atoms with Gasteiger partial charge in [-0.3, -0.25) is 0 Å². The molecule has 2 amide bonds. The van der Waals surface area contributed by atoms with Gasteiger partial charge in [-0.15, -0.1) is 6.58 Å². The lowest BCUT2D eigenvalue weighted by Crippen LogP contribution is -2.47. The summed E-state index contributed by atoms with van der Waals surface area (Å²) in [4.78, 5) is 23.7. The van der Waals surface area contributed by atoms with E-state index >= 15 is 0 Å². The number of rotatable bonds is 6. The van der Waals surface area contributed by atoms with Crippen molar-refractivity contribution < 1.29 is 14.7 Å². The van der Waals surface area contributed by atoms with E-state index in [0.29, 0.717) is 19.5 Å². The van der Waals surface area contributed by atoms with E-state index in [0.717, 1.165) is 0 Å². The van der Waals surface area contributed by atoms with Crippen molar-refractivity contribution in [2.45, 2.75) is 26.3 Å². The van der Waals surface area contributed by atoms with Crippen molar-refractivity contribution >= 4 is 12.0 Å². The zero-order valence-corrected chi connectivity index (χ0v) is 9.19. The topological polar surface area (TPSA) is 69.6 Å². The predicted molar refractivity (Wildman–Crippen MR) is 57.7 cm³/mol. The first kappa shape index (κ1) is 13.5. The molecule has 0 bridgehead atoms. The van der Waals surface area contributed by atoms with Gasteiger partial charge in [-0.05, 0) is 13.3 Å². The molecule has 0 rings (SSSR count). The predicted octanol–water partition coefficient (Wildman–Crippen LogP) is 1.07. The lowest BCUT2D eigenvalue weighted by Gasteiger charge is -2.22. The number of amides is 2. The number of likely N-dealkylation sites (N-methyl/N-ethyl adjacent to an activating group) is 1. The van der Waals surface area contributed by atoms with Crippen LogP contribution in [0.5, 0.6) is 0 Å². The van der Waals surface area contributed by atoms with Gasteiger partial charge in [-0.1, -0.05) is 13.0 Å². The van der Waals surface area contributed by atoms with Gasteiger partial charge in [0.1, 0.15) is 6.04 Å². The summed E-state index contributed by atoms with van der Waals surface area (Å²) in [6.45, 7) is 8.00. The Labute approximate surface area is 89.8 Å². The summed E-state index contributed by atoms with van der Waals surface area (Å²) < 4.78 is 0. The Hall–Kier alpha value is -1.52. The lowest BCUT2D eigenvalue weighted by molar-refractivity contribution is -0.139. The molecular weight excluding hydrogens is 196 g/mol. The van der Waals surface area contributed by atoms with Crippen molar-refractivity contribution in [3.05, 3.63) is 12.7 Å². The maximum Gasteiger partial charge on any atom is 0.326 e. The Kier molecular flexibility index (Phi) is 6.17. The third-order valence-corrected chi connectivity index (χ3v) is 2.02.